The van der Waals surface area contributed by atoms with Gasteiger partial charge in [-0.3, -0.25) is 14.4 Å². The molecule has 5 atom stereocenters. The molecular weight excluding hydrogens is 304 g/mol. The fraction of sp³-hybridized carbons (Fsp3) is 0.650. The number of ketones is 2. The van der Waals surface area contributed by atoms with E-state index in [1.807, 2.05) is 0 Å². The third-order valence-electron chi connectivity index (χ3n) is 7.01. The highest BCUT2D eigenvalue weighted by atomic mass is 16.5. The topological polar surface area (TPSA) is 60.4 Å². The average molecular weight is 328 g/mol. The van der Waals surface area contributed by atoms with E-state index in [1.165, 1.54) is 6.92 Å². The molecule has 4 aliphatic rings. The van der Waals surface area contributed by atoms with Crippen molar-refractivity contribution in [3.8, 4) is 0 Å². The minimum absolute atomic E-state index is 0.0291. The molecule has 24 heavy (non-hydrogen) atoms. The van der Waals surface area contributed by atoms with Gasteiger partial charge in [-0.25, -0.2) is 0 Å². The summed E-state index contributed by atoms with van der Waals surface area (Å²) in [6.45, 7) is 3.78. The lowest BCUT2D eigenvalue weighted by molar-refractivity contribution is -0.155. The zero-order chi connectivity index (χ0) is 17.1. The molecule has 0 aromatic carbocycles. The van der Waals surface area contributed by atoms with Gasteiger partial charge in [0.25, 0.3) is 0 Å². The van der Waals surface area contributed by atoms with Gasteiger partial charge >= 0.3 is 5.97 Å². The third kappa shape index (κ3) is 2.22. The first-order chi connectivity index (χ1) is 11.4. The van der Waals surface area contributed by atoms with Crippen LogP contribution in [0.4, 0.5) is 0 Å². The van der Waals surface area contributed by atoms with E-state index < -0.39 is 0 Å². The SMILES string of the molecule is CC(=O)O[C@H]1CC[C@H]2[C@H]3CCC4=CC(=O)C(=O)C=C4[C@H]3CC[C@]12C. The van der Waals surface area contributed by atoms with Crippen molar-refractivity contribution in [3.63, 3.8) is 0 Å². The summed E-state index contributed by atoms with van der Waals surface area (Å²) in [5.74, 6) is 0.535. The highest BCUT2D eigenvalue weighted by molar-refractivity contribution is 6.46. The van der Waals surface area contributed by atoms with E-state index in [4.69, 9.17) is 4.74 Å². The lowest BCUT2D eigenvalue weighted by Crippen LogP contribution is -2.46. The second-order valence-electron chi connectivity index (χ2n) is 8.13. The summed E-state index contributed by atoms with van der Waals surface area (Å²) in [5.41, 5.74) is 2.26. The van der Waals surface area contributed by atoms with Crippen molar-refractivity contribution >= 4 is 17.5 Å². The molecular formula is C20H24O4. The molecule has 4 heteroatoms. The maximum absolute atomic E-state index is 11.9. The number of fused-ring (bicyclic) bond motifs is 5. The average Bonchev–Trinajstić information content (AvgIpc) is 2.85. The van der Waals surface area contributed by atoms with Gasteiger partial charge in [0, 0.05) is 12.3 Å². The third-order valence-corrected chi connectivity index (χ3v) is 7.01. The molecule has 4 rings (SSSR count). The molecule has 0 aromatic rings. The van der Waals surface area contributed by atoms with Gasteiger partial charge in [0.15, 0.2) is 0 Å². The lowest BCUT2D eigenvalue weighted by Gasteiger charge is -2.51. The van der Waals surface area contributed by atoms with E-state index in [2.05, 4.69) is 6.92 Å². The largest absolute Gasteiger partial charge is 0.462 e. The fourth-order valence-corrected chi connectivity index (χ4v) is 5.92. The van der Waals surface area contributed by atoms with Crippen LogP contribution in [0.3, 0.4) is 0 Å². The van der Waals surface area contributed by atoms with E-state index in [0.29, 0.717) is 17.8 Å². The number of ether oxygens (including phenoxy) is 1. The molecule has 4 nitrogen and oxygen atoms in total. The Morgan fingerprint density at radius 3 is 2.62 bits per heavy atom. The second kappa shape index (κ2) is 5.40. The maximum Gasteiger partial charge on any atom is 0.302 e. The Balaban J connectivity index is 1.62. The zero-order valence-corrected chi connectivity index (χ0v) is 14.3. The molecule has 0 spiro atoms. The molecule has 128 valence electrons. The molecule has 0 aliphatic heterocycles. The normalized spacial score (nSPS) is 40.9. The van der Waals surface area contributed by atoms with Crippen molar-refractivity contribution in [1.82, 2.24) is 0 Å². The summed E-state index contributed by atoms with van der Waals surface area (Å²) in [6.07, 6.45) is 9.23. The Hall–Kier alpha value is -1.71. The predicted molar refractivity (Wildman–Crippen MR) is 88.0 cm³/mol. The van der Waals surface area contributed by atoms with Crippen LogP contribution in [0.1, 0.15) is 52.4 Å². The van der Waals surface area contributed by atoms with Crippen LogP contribution < -0.4 is 0 Å². The van der Waals surface area contributed by atoms with Crippen LogP contribution >= 0.6 is 0 Å². The van der Waals surface area contributed by atoms with Crippen molar-refractivity contribution in [2.75, 3.05) is 0 Å². The number of hydrogen-bond acceptors (Lipinski definition) is 4. The molecule has 0 saturated heterocycles. The van der Waals surface area contributed by atoms with Crippen LogP contribution in [0.15, 0.2) is 23.3 Å². The Morgan fingerprint density at radius 2 is 1.88 bits per heavy atom. The van der Waals surface area contributed by atoms with Crippen molar-refractivity contribution in [1.29, 1.82) is 0 Å². The predicted octanol–water partition coefficient (Wildman–Crippen LogP) is 3.16. The maximum atomic E-state index is 11.9. The number of hydrogen-bond donors (Lipinski definition) is 0. The Morgan fingerprint density at radius 1 is 1.12 bits per heavy atom. The summed E-state index contributed by atoms with van der Waals surface area (Å²) in [5, 5.41) is 0. The van der Waals surface area contributed by atoms with Gasteiger partial charge in [0.05, 0.1) is 0 Å². The van der Waals surface area contributed by atoms with E-state index in [0.717, 1.165) is 49.7 Å². The quantitative estimate of drug-likeness (QED) is 0.421. The second-order valence-corrected chi connectivity index (χ2v) is 8.13. The summed E-state index contributed by atoms with van der Waals surface area (Å²) in [4.78, 5) is 35.0. The van der Waals surface area contributed by atoms with E-state index in [9.17, 15) is 14.4 Å². The number of carbonyl (C=O) groups excluding carboxylic acids is 3. The van der Waals surface area contributed by atoms with Gasteiger partial charge < -0.3 is 4.74 Å². The molecule has 4 aliphatic carbocycles. The van der Waals surface area contributed by atoms with Gasteiger partial charge in [-0.05, 0) is 79.6 Å². The van der Waals surface area contributed by atoms with Crippen LogP contribution in [0.5, 0.6) is 0 Å². The highest BCUT2D eigenvalue weighted by Gasteiger charge is 2.56. The molecule has 0 heterocycles. The first-order valence-electron chi connectivity index (χ1n) is 9.08. The minimum Gasteiger partial charge on any atom is -0.462 e. The van der Waals surface area contributed by atoms with Crippen molar-refractivity contribution in [2.45, 2.75) is 58.5 Å². The standard InChI is InChI=1S/C20H24O4/c1-11(21)24-19-6-5-16-14-4-3-12-9-17(22)18(23)10-15(12)13(14)7-8-20(16,19)2/h9-10,13-14,16,19H,3-8H2,1-2H3/t13-,14-,16-,19-,20-/m0/s1. The molecule has 3 fully saturated rings. The Labute approximate surface area is 142 Å². The molecule has 0 amide bonds. The minimum atomic E-state index is -0.372. The molecule has 3 saturated carbocycles. The molecule has 0 aromatic heterocycles. The van der Waals surface area contributed by atoms with Crippen molar-refractivity contribution in [2.24, 2.45) is 23.2 Å². The van der Waals surface area contributed by atoms with E-state index in [1.54, 1.807) is 12.2 Å². The van der Waals surface area contributed by atoms with Crippen LogP contribution in [-0.2, 0) is 19.1 Å². The molecule has 0 bridgehead atoms. The highest BCUT2D eigenvalue weighted by Crippen LogP contribution is 2.61. The number of allylic oxidation sites excluding steroid dienone is 4. The monoisotopic (exact) mass is 328 g/mol. The Kier molecular flexibility index (Phi) is 3.55. The summed E-state index contributed by atoms with van der Waals surface area (Å²) < 4.78 is 5.64. The van der Waals surface area contributed by atoms with Crippen LogP contribution in [0, 0.1) is 23.2 Å². The number of esters is 1. The van der Waals surface area contributed by atoms with Gasteiger partial charge in [0.1, 0.15) is 6.10 Å². The smallest absolute Gasteiger partial charge is 0.302 e. The van der Waals surface area contributed by atoms with Gasteiger partial charge in [0.2, 0.25) is 11.6 Å². The summed E-state index contributed by atoms with van der Waals surface area (Å²) in [6, 6.07) is 0. The lowest BCUT2D eigenvalue weighted by atomic mass is 9.54. The van der Waals surface area contributed by atoms with Crippen LogP contribution in [0.2, 0.25) is 0 Å². The summed E-state index contributed by atoms with van der Waals surface area (Å²) >= 11 is 0. The van der Waals surface area contributed by atoms with Gasteiger partial charge in [-0.15, -0.1) is 0 Å². The van der Waals surface area contributed by atoms with Crippen molar-refractivity contribution < 1.29 is 19.1 Å². The number of carbonyl (C=O) groups is 3. The number of rotatable bonds is 1. The van der Waals surface area contributed by atoms with E-state index in [-0.39, 0.29) is 29.1 Å². The molecule has 0 radical (unpaired) electrons. The Bertz CT molecular complexity index is 686. The first-order valence-corrected chi connectivity index (χ1v) is 9.08. The first kappa shape index (κ1) is 15.8. The fourth-order valence-electron chi connectivity index (χ4n) is 5.92. The van der Waals surface area contributed by atoms with E-state index >= 15 is 0 Å². The van der Waals surface area contributed by atoms with Crippen molar-refractivity contribution in [3.05, 3.63) is 23.3 Å². The van der Waals surface area contributed by atoms with Gasteiger partial charge in [-0.1, -0.05) is 6.92 Å². The van der Waals surface area contributed by atoms with Gasteiger partial charge in [-0.2, -0.15) is 0 Å². The molecule has 0 N–H and O–H groups in total. The van der Waals surface area contributed by atoms with Crippen LogP contribution in [0.25, 0.3) is 0 Å². The molecule has 0 unspecified atom stereocenters. The zero-order valence-electron chi connectivity index (χ0n) is 14.3. The van der Waals surface area contributed by atoms with Crippen LogP contribution in [-0.4, -0.2) is 23.6 Å². The summed E-state index contributed by atoms with van der Waals surface area (Å²) in [7, 11) is 0.